The van der Waals surface area contributed by atoms with Crippen LogP contribution in [0.3, 0.4) is 0 Å². The summed E-state index contributed by atoms with van der Waals surface area (Å²) in [6.07, 6.45) is -3.37. The fraction of sp³-hybridized carbons (Fsp3) is 0.571. The van der Waals surface area contributed by atoms with Gasteiger partial charge in [-0.15, -0.1) is 0 Å². The first-order chi connectivity index (χ1) is 14.9. The van der Waals surface area contributed by atoms with Crippen molar-refractivity contribution in [3.63, 3.8) is 0 Å². The van der Waals surface area contributed by atoms with Crippen molar-refractivity contribution in [1.82, 2.24) is 0 Å². The number of unbranched alkanes of at least 4 members (excludes halogenated alkanes) is 3. The van der Waals surface area contributed by atoms with Gasteiger partial charge in [0.25, 0.3) is 0 Å². The largest absolute Gasteiger partial charge is 0.504 e. The van der Waals surface area contributed by atoms with Crippen molar-refractivity contribution in [3.8, 4) is 17.2 Å². The van der Waals surface area contributed by atoms with E-state index in [0.29, 0.717) is 0 Å². The molecule has 31 heavy (non-hydrogen) atoms. The Bertz CT molecular complexity index is 924. The molecule has 0 radical (unpaired) electrons. The van der Waals surface area contributed by atoms with Gasteiger partial charge in [-0.05, 0) is 18.6 Å². The first kappa shape index (κ1) is 23.3. The molecule has 1 aliphatic rings. The highest BCUT2D eigenvalue weighted by atomic mass is 16.7. The minimum atomic E-state index is -1.59. The van der Waals surface area contributed by atoms with Crippen LogP contribution >= 0.6 is 0 Å². The van der Waals surface area contributed by atoms with Crippen molar-refractivity contribution in [3.05, 3.63) is 28.6 Å². The van der Waals surface area contributed by atoms with Crippen LogP contribution in [0.25, 0.3) is 11.0 Å². The van der Waals surface area contributed by atoms with Crippen LogP contribution in [0.2, 0.25) is 0 Å². The molecule has 0 bridgehead atoms. The molecular formula is C21H28O10. The zero-order valence-corrected chi connectivity index (χ0v) is 17.1. The highest BCUT2D eigenvalue weighted by molar-refractivity contribution is 5.86. The maximum absolute atomic E-state index is 12.2. The molecule has 1 aliphatic heterocycles. The predicted octanol–water partition coefficient (Wildman–Crippen LogP) is 0.636. The van der Waals surface area contributed by atoms with Crippen LogP contribution < -0.4 is 15.1 Å². The molecule has 10 nitrogen and oxygen atoms in total. The lowest BCUT2D eigenvalue weighted by Gasteiger charge is -2.39. The minimum absolute atomic E-state index is 0.0166. The summed E-state index contributed by atoms with van der Waals surface area (Å²) >= 11 is 0. The molecule has 2 aromatic rings. The van der Waals surface area contributed by atoms with Gasteiger partial charge < -0.3 is 44.2 Å². The maximum Gasteiger partial charge on any atom is 0.383 e. The van der Waals surface area contributed by atoms with Crippen LogP contribution in [-0.4, -0.2) is 69.5 Å². The van der Waals surface area contributed by atoms with Crippen molar-refractivity contribution in [2.75, 3.05) is 13.2 Å². The first-order valence-electron chi connectivity index (χ1n) is 10.3. The fourth-order valence-corrected chi connectivity index (χ4v) is 3.35. The van der Waals surface area contributed by atoms with Gasteiger partial charge in [-0.3, -0.25) is 0 Å². The standard InChI is InChI=1S/C21H28O10/c1-2-3-4-5-8-28-19-15(23)12-7-6-11(9-13(12)30-20(19)27)29-21-18(26)17(25)16(24)14(10-22)31-21/h6-7,9,14,16-18,21-26H,2-5,8,10H2,1H3/t14-,16+,17+,18-,21-/m1/s1. The van der Waals surface area contributed by atoms with Gasteiger partial charge in [-0.25, -0.2) is 4.79 Å². The second kappa shape index (κ2) is 10.3. The normalized spacial score (nSPS) is 26.2. The number of aromatic hydroxyl groups is 1. The Hall–Kier alpha value is -2.37. The van der Waals surface area contributed by atoms with Crippen LogP contribution in [0.5, 0.6) is 17.2 Å². The molecule has 2 heterocycles. The van der Waals surface area contributed by atoms with E-state index in [1.165, 1.54) is 18.2 Å². The van der Waals surface area contributed by atoms with E-state index in [1.54, 1.807) is 0 Å². The first-order valence-corrected chi connectivity index (χ1v) is 10.3. The van der Waals surface area contributed by atoms with E-state index in [4.69, 9.17) is 18.6 Å². The molecule has 1 aromatic carbocycles. The third-order valence-electron chi connectivity index (χ3n) is 5.16. The molecule has 10 heteroatoms. The Morgan fingerprint density at radius 1 is 1.06 bits per heavy atom. The molecule has 1 fully saturated rings. The second-order valence-corrected chi connectivity index (χ2v) is 7.45. The summed E-state index contributed by atoms with van der Waals surface area (Å²) in [6, 6.07) is 4.19. The van der Waals surface area contributed by atoms with E-state index in [-0.39, 0.29) is 34.8 Å². The number of aliphatic hydroxyl groups is 4. The van der Waals surface area contributed by atoms with E-state index in [2.05, 4.69) is 6.92 Å². The molecule has 5 N–H and O–H groups in total. The Kier molecular flexibility index (Phi) is 7.74. The Morgan fingerprint density at radius 2 is 1.84 bits per heavy atom. The van der Waals surface area contributed by atoms with E-state index in [9.17, 15) is 30.3 Å². The number of benzene rings is 1. The van der Waals surface area contributed by atoms with Crippen molar-refractivity contribution in [2.45, 2.75) is 63.3 Å². The van der Waals surface area contributed by atoms with E-state index in [0.717, 1.165) is 25.7 Å². The van der Waals surface area contributed by atoms with Crippen molar-refractivity contribution < 1.29 is 44.2 Å². The quantitative estimate of drug-likeness (QED) is 0.277. The SMILES string of the molecule is CCCCCCOc1c(O)c2ccc(O[C@@H]3O[C@H](CO)[C@H](O)[C@H](O)[C@H]3O)cc2oc1=O. The van der Waals surface area contributed by atoms with Gasteiger partial charge in [-0.1, -0.05) is 26.2 Å². The van der Waals surface area contributed by atoms with Gasteiger partial charge in [0.2, 0.25) is 12.0 Å². The molecule has 172 valence electrons. The number of ether oxygens (including phenoxy) is 3. The summed E-state index contributed by atoms with van der Waals surface area (Å²) in [7, 11) is 0. The summed E-state index contributed by atoms with van der Waals surface area (Å²) in [5.74, 6) is -0.500. The minimum Gasteiger partial charge on any atom is -0.504 e. The molecule has 1 saturated heterocycles. The van der Waals surface area contributed by atoms with Gasteiger partial charge >= 0.3 is 5.63 Å². The zero-order valence-electron chi connectivity index (χ0n) is 17.1. The zero-order chi connectivity index (χ0) is 22.5. The molecule has 0 aliphatic carbocycles. The Labute approximate surface area is 178 Å². The number of fused-ring (bicyclic) bond motifs is 1. The highest BCUT2D eigenvalue weighted by Gasteiger charge is 2.44. The van der Waals surface area contributed by atoms with E-state index < -0.39 is 42.9 Å². The van der Waals surface area contributed by atoms with Gasteiger partial charge in [0, 0.05) is 6.07 Å². The third kappa shape index (κ3) is 5.10. The molecule has 5 atom stereocenters. The average Bonchev–Trinajstić information content (AvgIpc) is 2.75. The Balaban J connectivity index is 1.77. The smallest absolute Gasteiger partial charge is 0.383 e. The third-order valence-corrected chi connectivity index (χ3v) is 5.16. The monoisotopic (exact) mass is 440 g/mol. The van der Waals surface area contributed by atoms with Gasteiger partial charge in [0.15, 0.2) is 5.75 Å². The van der Waals surface area contributed by atoms with Crippen molar-refractivity contribution in [2.24, 2.45) is 0 Å². The van der Waals surface area contributed by atoms with Gasteiger partial charge in [-0.2, -0.15) is 0 Å². The summed E-state index contributed by atoms with van der Waals surface area (Å²) in [6.45, 7) is 1.77. The van der Waals surface area contributed by atoms with Crippen LogP contribution in [-0.2, 0) is 4.74 Å². The molecule has 0 spiro atoms. The average molecular weight is 440 g/mol. The van der Waals surface area contributed by atoms with Gasteiger partial charge in [0.05, 0.1) is 18.6 Å². The summed E-state index contributed by atoms with van der Waals surface area (Å²) < 4.78 is 21.5. The lowest BCUT2D eigenvalue weighted by molar-refractivity contribution is -0.277. The molecular weight excluding hydrogens is 412 g/mol. The molecule has 0 unspecified atom stereocenters. The number of hydrogen-bond acceptors (Lipinski definition) is 10. The number of rotatable bonds is 9. The van der Waals surface area contributed by atoms with Crippen LogP contribution in [0.1, 0.15) is 32.6 Å². The van der Waals surface area contributed by atoms with Gasteiger partial charge in [0.1, 0.15) is 35.7 Å². The Morgan fingerprint density at radius 3 is 2.55 bits per heavy atom. The maximum atomic E-state index is 12.2. The molecule has 1 aromatic heterocycles. The number of hydrogen-bond donors (Lipinski definition) is 5. The lowest BCUT2D eigenvalue weighted by atomic mass is 9.99. The summed E-state index contributed by atoms with van der Waals surface area (Å²) in [5.41, 5.74) is -0.826. The molecule has 0 amide bonds. The molecule has 0 saturated carbocycles. The lowest BCUT2D eigenvalue weighted by Crippen LogP contribution is -2.60. The van der Waals surface area contributed by atoms with Crippen LogP contribution in [0.15, 0.2) is 27.4 Å². The highest BCUT2D eigenvalue weighted by Crippen LogP contribution is 2.34. The summed E-state index contributed by atoms with van der Waals surface area (Å²) in [5, 5.41) is 49.7. The topological polar surface area (TPSA) is 159 Å². The summed E-state index contributed by atoms with van der Waals surface area (Å²) in [4.78, 5) is 12.2. The van der Waals surface area contributed by atoms with E-state index >= 15 is 0 Å². The van der Waals surface area contributed by atoms with Crippen molar-refractivity contribution in [1.29, 1.82) is 0 Å². The number of aliphatic hydroxyl groups excluding tert-OH is 4. The van der Waals surface area contributed by atoms with E-state index in [1.807, 2.05) is 0 Å². The van der Waals surface area contributed by atoms with Crippen molar-refractivity contribution >= 4 is 11.0 Å². The fourth-order valence-electron chi connectivity index (χ4n) is 3.35. The second-order valence-electron chi connectivity index (χ2n) is 7.45. The predicted molar refractivity (Wildman–Crippen MR) is 108 cm³/mol. The molecule has 3 rings (SSSR count). The van der Waals surface area contributed by atoms with Crippen LogP contribution in [0.4, 0.5) is 0 Å². The van der Waals surface area contributed by atoms with Crippen LogP contribution in [0, 0.1) is 0 Å².